The topological polar surface area (TPSA) is 66.4 Å². The molecular weight excluding hydrogens is 274 g/mol. The van der Waals surface area contributed by atoms with Crippen LogP contribution in [0.15, 0.2) is 30.3 Å². The van der Waals surface area contributed by atoms with Gasteiger partial charge in [-0.2, -0.15) is 0 Å². The van der Waals surface area contributed by atoms with Gasteiger partial charge in [0.1, 0.15) is 0 Å². The van der Waals surface area contributed by atoms with E-state index in [1.54, 1.807) is 0 Å². The first-order valence-electron chi connectivity index (χ1n) is 7.01. The first-order valence-corrected chi connectivity index (χ1v) is 8.66. The summed E-state index contributed by atoms with van der Waals surface area (Å²) in [5, 5.41) is 8.69. The van der Waals surface area contributed by atoms with Crippen molar-refractivity contribution in [1.82, 2.24) is 4.72 Å². The molecule has 0 atom stereocenters. The van der Waals surface area contributed by atoms with Crippen molar-refractivity contribution in [1.29, 1.82) is 0 Å². The molecule has 0 radical (unpaired) electrons. The number of benzene rings is 1. The van der Waals surface area contributed by atoms with Gasteiger partial charge in [0.05, 0.1) is 5.75 Å². The first-order chi connectivity index (χ1) is 9.35. The number of aliphatic hydroxyl groups excluding tert-OH is 1. The maximum absolute atomic E-state index is 11.9. The number of aliphatic hydroxyl groups is 1. The molecule has 0 fully saturated rings. The minimum absolute atomic E-state index is 0.0346. The van der Waals surface area contributed by atoms with Gasteiger partial charge < -0.3 is 5.11 Å². The highest BCUT2D eigenvalue weighted by Gasteiger charge is 2.24. The first kappa shape index (κ1) is 17.1. The maximum atomic E-state index is 11.9. The van der Waals surface area contributed by atoms with Crippen molar-refractivity contribution in [3.63, 3.8) is 0 Å². The second-order valence-electron chi connectivity index (χ2n) is 5.72. The highest BCUT2D eigenvalue weighted by molar-refractivity contribution is 7.89. The van der Waals surface area contributed by atoms with E-state index >= 15 is 0 Å². The summed E-state index contributed by atoms with van der Waals surface area (Å²) in [4.78, 5) is 0. The van der Waals surface area contributed by atoms with Gasteiger partial charge in [0.15, 0.2) is 0 Å². The van der Waals surface area contributed by atoms with Gasteiger partial charge in [-0.15, -0.1) is 0 Å². The van der Waals surface area contributed by atoms with Gasteiger partial charge in [0.25, 0.3) is 0 Å². The molecular formula is C15H25NO3S. The van der Waals surface area contributed by atoms with E-state index in [0.717, 1.165) is 12.8 Å². The maximum Gasteiger partial charge on any atom is 0.212 e. The van der Waals surface area contributed by atoms with Crippen molar-refractivity contribution in [3.8, 4) is 0 Å². The van der Waals surface area contributed by atoms with E-state index in [-0.39, 0.29) is 12.4 Å². The third-order valence-corrected chi connectivity index (χ3v) is 4.82. The minimum atomic E-state index is -3.28. The third-order valence-electron chi connectivity index (χ3n) is 3.13. The van der Waals surface area contributed by atoms with Crippen LogP contribution in [0, 0.1) is 0 Å². The Bertz CT molecular complexity index is 483. The summed E-state index contributed by atoms with van der Waals surface area (Å²) in [5.74, 6) is 0.0718. The van der Waals surface area contributed by atoms with E-state index in [4.69, 9.17) is 5.11 Å². The van der Waals surface area contributed by atoms with E-state index in [9.17, 15) is 8.42 Å². The Morgan fingerprint density at radius 1 is 1.15 bits per heavy atom. The average molecular weight is 299 g/mol. The fraction of sp³-hybridized carbons (Fsp3) is 0.600. The van der Waals surface area contributed by atoms with Gasteiger partial charge in [0.2, 0.25) is 10.0 Å². The molecule has 1 rings (SSSR count). The van der Waals surface area contributed by atoms with E-state index in [2.05, 4.69) is 4.72 Å². The Morgan fingerprint density at radius 3 is 2.40 bits per heavy atom. The Labute approximate surface area is 122 Å². The molecule has 0 bridgehead atoms. The van der Waals surface area contributed by atoms with Crippen LogP contribution in [-0.2, 0) is 16.4 Å². The van der Waals surface area contributed by atoms with Crippen LogP contribution in [-0.4, -0.2) is 31.4 Å². The highest BCUT2D eigenvalue weighted by Crippen LogP contribution is 2.15. The van der Waals surface area contributed by atoms with Gasteiger partial charge in [-0.3, -0.25) is 0 Å². The number of sulfonamides is 1. The van der Waals surface area contributed by atoms with Crippen molar-refractivity contribution < 1.29 is 13.5 Å². The predicted octanol–water partition coefficient (Wildman–Crippen LogP) is 2.09. The summed E-state index contributed by atoms with van der Waals surface area (Å²) in [7, 11) is -3.28. The summed E-state index contributed by atoms with van der Waals surface area (Å²) in [5.41, 5.74) is 0.744. The number of rotatable bonds is 9. The van der Waals surface area contributed by atoms with Crippen LogP contribution >= 0.6 is 0 Å². The number of hydrogen-bond acceptors (Lipinski definition) is 3. The Kier molecular flexibility index (Phi) is 6.65. The smallest absolute Gasteiger partial charge is 0.212 e. The van der Waals surface area contributed by atoms with Gasteiger partial charge >= 0.3 is 0 Å². The largest absolute Gasteiger partial charge is 0.396 e. The summed E-state index contributed by atoms with van der Waals surface area (Å²) >= 11 is 0. The zero-order valence-electron chi connectivity index (χ0n) is 12.3. The molecule has 0 spiro atoms. The molecule has 0 aromatic heterocycles. The van der Waals surface area contributed by atoms with Crippen LogP contribution in [0.25, 0.3) is 0 Å². The second kappa shape index (κ2) is 7.76. The van der Waals surface area contributed by atoms with Crippen LogP contribution < -0.4 is 4.72 Å². The molecule has 0 unspecified atom stereocenters. The summed E-state index contributed by atoms with van der Waals surface area (Å²) in [6.45, 7) is 3.84. The monoisotopic (exact) mass is 299 g/mol. The van der Waals surface area contributed by atoms with Crippen LogP contribution in [0.4, 0.5) is 0 Å². The lowest BCUT2D eigenvalue weighted by molar-refractivity contribution is 0.287. The average Bonchev–Trinajstić information content (AvgIpc) is 2.37. The molecule has 0 saturated carbocycles. The molecule has 0 aliphatic rings. The zero-order chi connectivity index (χ0) is 15.1. The molecule has 2 N–H and O–H groups in total. The van der Waals surface area contributed by atoms with Gasteiger partial charge in [-0.1, -0.05) is 30.3 Å². The number of aryl methyl sites for hydroxylation is 1. The summed E-state index contributed by atoms with van der Waals surface area (Å²) < 4.78 is 26.6. The lowest BCUT2D eigenvalue weighted by Gasteiger charge is -2.26. The molecule has 1 aromatic carbocycles. The standard InChI is InChI=1S/C15H25NO3S/c1-15(2,11-10-14-8-4-3-5-9-14)16-20(18,19)13-7-6-12-17/h3-5,8-9,16-17H,6-7,10-13H2,1-2H3. The second-order valence-corrected chi connectivity index (χ2v) is 7.56. The van der Waals surface area contributed by atoms with Crippen molar-refractivity contribution >= 4 is 10.0 Å². The third kappa shape index (κ3) is 7.03. The number of nitrogens with one attached hydrogen (secondary N) is 1. The van der Waals surface area contributed by atoms with Gasteiger partial charge in [-0.05, 0) is 45.1 Å². The van der Waals surface area contributed by atoms with Crippen LogP contribution in [0.1, 0.15) is 38.7 Å². The van der Waals surface area contributed by atoms with Crippen LogP contribution in [0.2, 0.25) is 0 Å². The molecule has 0 heterocycles. The zero-order valence-corrected chi connectivity index (χ0v) is 13.1. The van der Waals surface area contributed by atoms with Crippen molar-refractivity contribution in [2.45, 2.75) is 45.1 Å². The lowest BCUT2D eigenvalue weighted by atomic mass is 9.97. The molecule has 0 saturated heterocycles. The quantitative estimate of drug-likeness (QED) is 0.686. The SMILES string of the molecule is CC(C)(CCc1ccccc1)NS(=O)(=O)CCCCO. The van der Waals surface area contributed by atoms with Crippen molar-refractivity contribution in [3.05, 3.63) is 35.9 Å². The van der Waals surface area contributed by atoms with Crippen molar-refractivity contribution in [2.24, 2.45) is 0 Å². The predicted molar refractivity (Wildman–Crippen MR) is 82.1 cm³/mol. The molecule has 5 heteroatoms. The fourth-order valence-corrected chi connectivity index (χ4v) is 3.66. The molecule has 0 aliphatic carbocycles. The van der Waals surface area contributed by atoms with E-state index < -0.39 is 15.6 Å². The molecule has 20 heavy (non-hydrogen) atoms. The fourth-order valence-electron chi connectivity index (χ4n) is 2.03. The van der Waals surface area contributed by atoms with Gasteiger partial charge in [0, 0.05) is 12.1 Å². The number of hydrogen-bond donors (Lipinski definition) is 2. The van der Waals surface area contributed by atoms with Crippen LogP contribution in [0.5, 0.6) is 0 Å². The Morgan fingerprint density at radius 2 is 1.80 bits per heavy atom. The highest BCUT2D eigenvalue weighted by atomic mass is 32.2. The Balaban J connectivity index is 2.47. The molecule has 1 aromatic rings. The molecule has 4 nitrogen and oxygen atoms in total. The van der Waals surface area contributed by atoms with Crippen molar-refractivity contribution in [2.75, 3.05) is 12.4 Å². The van der Waals surface area contributed by atoms with Gasteiger partial charge in [-0.25, -0.2) is 13.1 Å². The molecule has 0 amide bonds. The normalized spacial score (nSPS) is 12.6. The lowest BCUT2D eigenvalue weighted by Crippen LogP contribution is -2.44. The van der Waals surface area contributed by atoms with E-state index in [0.29, 0.717) is 12.8 Å². The Hall–Kier alpha value is -0.910. The minimum Gasteiger partial charge on any atom is -0.396 e. The molecule has 114 valence electrons. The molecule has 0 aliphatic heterocycles. The van der Waals surface area contributed by atoms with E-state index in [1.807, 2.05) is 44.2 Å². The number of unbranched alkanes of at least 4 members (excludes halogenated alkanes) is 1. The summed E-state index contributed by atoms with van der Waals surface area (Å²) in [6, 6.07) is 10.0. The summed E-state index contributed by atoms with van der Waals surface area (Å²) in [6.07, 6.45) is 2.59. The van der Waals surface area contributed by atoms with E-state index in [1.165, 1.54) is 5.56 Å². The van der Waals surface area contributed by atoms with Crippen LogP contribution in [0.3, 0.4) is 0 Å².